The molecule has 3 nitrogen and oxygen atoms in total. The molecule has 2 rings (SSSR count). The minimum Gasteiger partial charge on any atom is -0.390 e. The monoisotopic (exact) mass is 204 g/mol. The van der Waals surface area contributed by atoms with E-state index in [9.17, 15) is 4.79 Å². The van der Waals surface area contributed by atoms with E-state index in [-0.39, 0.29) is 5.78 Å². The number of hydrogen-bond donors (Lipinski definition) is 1. The van der Waals surface area contributed by atoms with Gasteiger partial charge < -0.3 is 5.73 Å². The molecule has 0 aromatic carbocycles. The van der Waals surface area contributed by atoms with Crippen LogP contribution in [0.4, 0.5) is 5.00 Å². The molecular formula is C10H8N2OS. The number of pyridine rings is 1. The summed E-state index contributed by atoms with van der Waals surface area (Å²) < 4.78 is 0. The van der Waals surface area contributed by atoms with Crippen molar-refractivity contribution in [3.8, 4) is 0 Å². The second-order valence-electron chi connectivity index (χ2n) is 2.74. The number of aromatic nitrogens is 1. The second kappa shape index (κ2) is 3.59. The number of rotatable bonds is 2. The lowest BCUT2D eigenvalue weighted by Gasteiger charge is -1.97. The Hall–Kier alpha value is -1.68. The Kier molecular flexibility index (Phi) is 2.28. The summed E-state index contributed by atoms with van der Waals surface area (Å²) in [7, 11) is 0. The zero-order chi connectivity index (χ0) is 9.97. The van der Waals surface area contributed by atoms with E-state index in [4.69, 9.17) is 5.73 Å². The Labute approximate surface area is 85.2 Å². The lowest BCUT2D eigenvalue weighted by Crippen LogP contribution is -2.04. The zero-order valence-electron chi connectivity index (χ0n) is 7.31. The molecule has 2 heterocycles. The molecule has 0 radical (unpaired) electrons. The number of hydrogen-bond acceptors (Lipinski definition) is 4. The second-order valence-corrected chi connectivity index (χ2v) is 3.69. The van der Waals surface area contributed by atoms with Gasteiger partial charge in [0.1, 0.15) is 5.69 Å². The molecule has 14 heavy (non-hydrogen) atoms. The smallest absolute Gasteiger partial charge is 0.214 e. The van der Waals surface area contributed by atoms with Crippen LogP contribution in [0, 0.1) is 0 Å². The van der Waals surface area contributed by atoms with Crippen molar-refractivity contribution in [3.05, 3.63) is 47.1 Å². The third-order valence-electron chi connectivity index (χ3n) is 1.84. The van der Waals surface area contributed by atoms with E-state index < -0.39 is 0 Å². The maximum absolute atomic E-state index is 11.8. The van der Waals surface area contributed by atoms with Gasteiger partial charge in [0.05, 0.1) is 10.6 Å². The fourth-order valence-corrected chi connectivity index (χ4v) is 1.78. The number of anilines is 1. The summed E-state index contributed by atoms with van der Waals surface area (Å²) in [6.45, 7) is 0. The zero-order valence-corrected chi connectivity index (χ0v) is 8.12. The largest absolute Gasteiger partial charge is 0.390 e. The number of nitrogen functional groups attached to an aromatic ring is 1. The predicted molar refractivity (Wildman–Crippen MR) is 56.4 cm³/mol. The van der Waals surface area contributed by atoms with E-state index in [2.05, 4.69) is 4.98 Å². The highest BCUT2D eigenvalue weighted by Gasteiger charge is 2.13. The van der Waals surface area contributed by atoms with E-state index in [0.29, 0.717) is 16.3 Å². The third-order valence-corrected chi connectivity index (χ3v) is 2.58. The van der Waals surface area contributed by atoms with E-state index in [1.54, 1.807) is 35.8 Å². The van der Waals surface area contributed by atoms with Crippen LogP contribution >= 0.6 is 11.3 Å². The molecule has 0 spiro atoms. The van der Waals surface area contributed by atoms with Crippen LogP contribution < -0.4 is 5.73 Å². The number of ketones is 1. The molecule has 2 aromatic heterocycles. The molecule has 70 valence electrons. The first-order chi connectivity index (χ1) is 6.79. The first kappa shape index (κ1) is 8.90. The lowest BCUT2D eigenvalue weighted by molar-refractivity contribution is 0.103. The van der Waals surface area contributed by atoms with Crippen molar-refractivity contribution in [2.24, 2.45) is 0 Å². The molecule has 2 N–H and O–H groups in total. The van der Waals surface area contributed by atoms with Crippen molar-refractivity contribution < 1.29 is 4.79 Å². The minimum absolute atomic E-state index is 0.121. The van der Waals surface area contributed by atoms with Gasteiger partial charge in [0, 0.05) is 6.20 Å². The maximum atomic E-state index is 11.8. The minimum atomic E-state index is -0.121. The Balaban J connectivity index is 2.39. The summed E-state index contributed by atoms with van der Waals surface area (Å²) in [6, 6.07) is 6.95. The molecule has 0 fully saturated rings. The molecule has 0 aliphatic carbocycles. The fraction of sp³-hybridized carbons (Fsp3) is 0. The van der Waals surface area contributed by atoms with E-state index >= 15 is 0 Å². The summed E-state index contributed by atoms with van der Waals surface area (Å²) in [6.07, 6.45) is 1.59. The lowest BCUT2D eigenvalue weighted by atomic mass is 10.1. The Morgan fingerprint density at radius 1 is 1.36 bits per heavy atom. The third kappa shape index (κ3) is 1.52. The highest BCUT2D eigenvalue weighted by Crippen LogP contribution is 2.21. The van der Waals surface area contributed by atoms with Crippen LogP contribution in [0.2, 0.25) is 0 Å². The molecule has 2 aromatic rings. The number of carbonyl (C=O) groups is 1. The number of thiophene rings is 1. The SMILES string of the molecule is Nc1sccc1C(=O)c1ccccn1. The Morgan fingerprint density at radius 3 is 2.79 bits per heavy atom. The van der Waals surface area contributed by atoms with Crippen LogP contribution in [-0.4, -0.2) is 10.8 Å². The predicted octanol–water partition coefficient (Wildman–Crippen LogP) is 1.96. The van der Waals surface area contributed by atoms with Crippen LogP contribution in [0.5, 0.6) is 0 Å². The molecule has 0 saturated carbocycles. The number of nitrogens with zero attached hydrogens (tertiary/aromatic N) is 1. The van der Waals surface area contributed by atoms with Gasteiger partial charge in [-0.2, -0.15) is 0 Å². The standard InChI is InChI=1S/C10H8N2OS/c11-10-7(4-6-14-10)9(13)8-3-1-2-5-12-8/h1-6H,11H2. The van der Waals surface area contributed by atoms with Crippen molar-refractivity contribution in [1.29, 1.82) is 0 Å². The quantitative estimate of drug-likeness (QED) is 0.761. The average Bonchev–Trinajstić information content (AvgIpc) is 2.65. The average molecular weight is 204 g/mol. The van der Waals surface area contributed by atoms with Crippen LogP contribution in [0.25, 0.3) is 0 Å². The highest BCUT2D eigenvalue weighted by atomic mass is 32.1. The van der Waals surface area contributed by atoms with Crippen molar-refractivity contribution in [2.45, 2.75) is 0 Å². The molecule has 0 amide bonds. The van der Waals surface area contributed by atoms with Gasteiger partial charge in [-0.3, -0.25) is 9.78 Å². The van der Waals surface area contributed by atoms with Crippen LogP contribution in [0.3, 0.4) is 0 Å². The van der Waals surface area contributed by atoms with Gasteiger partial charge in [-0.25, -0.2) is 0 Å². The van der Waals surface area contributed by atoms with Crippen LogP contribution in [0.15, 0.2) is 35.8 Å². The molecule has 0 saturated heterocycles. The molecule has 4 heteroatoms. The Morgan fingerprint density at radius 2 is 2.21 bits per heavy atom. The molecule has 0 atom stereocenters. The summed E-state index contributed by atoms with van der Waals surface area (Å²) >= 11 is 1.36. The summed E-state index contributed by atoms with van der Waals surface area (Å²) in [5, 5.41) is 2.34. The fourth-order valence-electron chi connectivity index (χ4n) is 1.14. The van der Waals surface area contributed by atoms with Gasteiger partial charge >= 0.3 is 0 Å². The number of carbonyl (C=O) groups excluding carboxylic acids is 1. The first-order valence-electron chi connectivity index (χ1n) is 4.08. The number of nitrogens with two attached hydrogens (primary N) is 1. The van der Waals surface area contributed by atoms with Gasteiger partial charge in [-0.05, 0) is 23.6 Å². The summed E-state index contributed by atoms with van der Waals surface area (Å²) in [5.41, 5.74) is 6.61. The van der Waals surface area contributed by atoms with Crippen molar-refractivity contribution in [3.63, 3.8) is 0 Å². The van der Waals surface area contributed by atoms with Crippen molar-refractivity contribution in [2.75, 3.05) is 5.73 Å². The van der Waals surface area contributed by atoms with Crippen LogP contribution in [-0.2, 0) is 0 Å². The van der Waals surface area contributed by atoms with Gasteiger partial charge in [0.2, 0.25) is 5.78 Å². The van der Waals surface area contributed by atoms with Crippen LogP contribution in [0.1, 0.15) is 16.1 Å². The van der Waals surface area contributed by atoms with Gasteiger partial charge in [-0.1, -0.05) is 6.07 Å². The Bertz CT molecular complexity index is 450. The van der Waals surface area contributed by atoms with Crippen molar-refractivity contribution in [1.82, 2.24) is 4.98 Å². The van der Waals surface area contributed by atoms with Gasteiger partial charge in [-0.15, -0.1) is 11.3 Å². The van der Waals surface area contributed by atoms with E-state index in [0.717, 1.165) is 0 Å². The normalized spacial score (nSPS) is 10.0. The highest BCUT2D eigenvalue weighted by molar-refractivity contribution is 7.14. The summed E-state index contributed by atoms with van der Waals surface area (Å²) in [4.78, 5) is 15.8. The molecule has 0 unspecified atom stereocenters. The van der Waals surface area contributed by atoms with Crippen molar-refractivity contribution >= 4 is 22.1 Å². The molecule has 0 aliphatic heterocycles. The van der Waals surface area contributed by atoms with E-state index in [1.807, 2.05) is 0 Å². The van der Waals surface area contributed by atoms with Gasteiger partial charge in [0.25, 0.3) is 0 Å². The molecular weight excluding hydrogens is 196 g/mol. The topological polar surface area (TPSA) is 56.0 Å². The summed E-state index contributed by atoms with van der Waals surface area (Å²) in [5.74, 6) is -0.121. The van der Waals surface area contributed by atoms with Gasteiger partial charge in [0.15, 0.2) is 0 Å². The maximum Gasteiger partial charge on any atom is 0.214 e. The van der Waals surface area contributed by atoms with E-state index in [1.165, 1.54) is 11.3 Å². The molecule has 0 bridgehead atoms. The molecule has 0 aliphatic rings. The first-order valence-corrected chi connectivity index (χ1v) is 4.95.